The van der Waals surface area contributed by atoms with E-state index in [0.29, 0.717) is 5.41 Å². The molecule has 0 saturated heterocycles. The lowest BCUT2D eigenvalue weighted by Crippen LogP contribution is -2.74. The number of benzene rings is 9. The van der Waals surface area contributed by atoms with Crippen LogP contribution in [0.4, 0.5) is 17.1 Å². The molecule has 1 nitrogen and oxygen atoms in total. The predicted molar refractivity (Wildman–Crippen MR) is 285 cm³/mol. The smallest absolute Gasteiger partial charge is 0.179 e. The monoisotopic (exact) mass is 879 g/mol. The first-order valence-electron chi connectivity index (χ1n) is 24.8. The molecule has 0 heterocycles. The molecule has 2 heteroatoms. The average molecular weight is 880 g/mol. The van der Waals surface area contributed by atoms with Crippen LogP contribution in [-0.2, 0) is 10.8 Å². The Bertz CT molecular complexity index is 3150. The Morgan fingerprint density at radius 1 is 0.388 bits per heavy atom. The van der Waals surface area contributed by atoms with E-state index in [1.54, 1.807) is 5.56 Å². The predicted octanol–water partition coefficient (Wildman–Crippen LogP) is 14.1. The highest BCUT2D eigenvalue weighted by molar-refractivity contribution is 7.19. The fraction of sp³-hybridized carbons (Fsp3) is 0.200. The van der Waals surface area contributed by atoms with Crippen LogP contribution >= 0.6 is 0 Å². The molecule has 4 saturated carbocycles. The summed E-state index contributed by atoms with van der Waals surface area (Å²) in [5, 5.41) is 8.10. The summed E-state index contributed by atoms with van der Waals surface area (Å²) in [7, 11) is -2.69. The van der Waals surface area contributed by atoms with Crippen molar-refractivity contribution in [2.24, 2.45) is 17.8 Å². The van der Waals surface area contributed by atoms with E-state index in [2.05, 4.69) is 237 Å². The van der Waals surface area contributed by atoms with Crippen molar-refractivity contribution in [3.05, 3.63) is 235 Å². The normalized spacial score (nSPS) is 21.0. The molecule has 0 radical (unpaired) electrons. The van der Waals surface area contributed by atoms with Crippen LogP contribution in [0.25, 0.3) is 33.0 Å². The molecule has 5 aliphatic rings. The van der Waals surface area contributed by atoms with Gasteiger partial charge in [0.25, 0.3) is 0 Å². The van der Waals surface area contributed by atoms with Gasteiger partial charge in [0.15, 0.2) is 8.07 Å². The standard InChI is InChI=1S/C65H57NSi/c1-64(2)62-35-24-51(50-23-22-48-14-12-13-15-49(48)39-50)40-61(62)60-34-31-55(41-63(60)64)66(53-27-25-52(26-28-53)65-42-45-36-46(43-65)38-47(37-45)44-65)54-29-32-59(33-30-54)67(56-16-6-3-7-17-56,57-18-8-4-9-19-57)58-20-10-5-11-21-58/h3-35,39-41,45-47H,36-38,42-44H2,1-2H3. The maximum atomic E-state index is 2.53. The number of anilines is 3. The summed E-state index contributed by atoms with van der Waals surface area (Å²) < 4.78 is 0. The third-order valence-corrected chi connectivity index (χ3v) is 21.8. The Labute approximate surface area is 397 Å². The minimum Gasteiger partial charge on any atom is -0.310 e. The van der Waals surface area contributed by atoms with E-state index in [9.17, 15) is 0 Å². The molecule has 0 spiro atoms. The van der Waals surface area contributed by atoms with Gasteiger partial charge in [0.1, 0.15) is 0 Å². The second kappa shape index (κ2) is 15.7. The molecule has 67 heavy (non-hydrogen) atoms. The molecule has 326 valence electrons. The largest absolute Gasteiger partial charge is 0.310 e. The Morgan fingerprint density at radius 3 is 1.45 bits per heavy atom. The second-order valence-electron chi connectivity index (χ2n) is 21.2. The molecule has 0 N–H and O–H groups in total. The SMILES string of the molecule is CC1(C)c2ccc(-c3ccc4ccccc4c3)cc2-c2ccc(N(c3ccc(C45CC6CC(CC(C6)C4)C5)cc3)c3ccc([Si](c4ccccc4)(c4ccccc4)c4ccccc4)cc3)cc21. The van der Waals surface area contributed by atoms with Gasteiger partial charge in [-0.25, -0.2) is 0 Å². The highest BCUT2D eigenvalue weighted by Crippen LogP contribution is 2.61. The maximum absolute atomic E-state index is 2.69. The Kier molecular flexibility index (Phi) is 9.48. The van der Waals surface area contributed by atoms with Crippen molar-refractivity contribution in [3.63, 3.8) is 0 Å². The van der Waals surface area contributed by atoms with Gasteiger partial charge < -0.3 is 4.90 Å². The average Bonchev–Trinajstić information content (AvgIpc) is 3.60. The molecule has 0 aromatic heterocycles. The minimum atomic E-state index is -2.69. The van der Waals surface area contributed by atoms with Crippen molar-refractivity contribution in [2.45, 2.75) is 63.2 Å². The molecule has 0 unspecified atom stereocenters. The molecular weight excluding hydrogens is 823 g/mol. The molecule has 9 aromatic rings. The molecule has 5 aliphatic carbocycles. The van der Waals surface area contributed by atoms with Crippen LogP contribution in [0, 0.1) is 17.8 Å². The lowest BCUT2D eigenvalue weighted by molar-refractivity contribution is -0.00518. The number of rotatable bonds is 9. The lowest BCUT2D eigenvalue weighted by Gasteiger charge is -2.57. The fourth-order valence-electron chi connectivity index (χ4n) is 14.2. The van der Waals surface area contributed by atoms with Crippen LogP contribution in [0.15, 0.2) is 218 Å². The highest BCUT2D eigenvalue weighted by atomic mass is 28.3. The molecule has 4 bridgehead atoms. The van der Waals surface area contributed by atoms with Crippen molar-refractivity contribution in [1.29, 1.82) is 0 Å². The van der Waals surface area contributed by atoms with Crippen molar-refractivity contribution in [1.82, 2.24) is 0 Å². The summed E-state index contributed by atoms with van der Waals surface area (Å²) in [6, 6.07) is 83.5. The lowest BCUT2D eigenvalue weighted by atomic mass is 9.48. The first kappa shape index (κ1) is 40.5. The van der Waals surface area contributed by atoms with Crippen LogP contribution in [0.3, 0.4) is 0 Å². The summed E-state index contributed by atoms with van der Waals surface area (Å²) in [6.07, 6.45) is 8.53. The first-order valence-corrected chi connectivity index (χ1v) is 26.8. The fourth-order valence-corrected chi connectivity index (χ4v) is 19.0. The van der Waals surface area contributed by atoms with Gasteiger partial charge in [0.2, 0.25) is 0 Å². The Hall–Kier alpha value is -6.74. The topological polar surface area (TPSA) is 3.24 Å². The van der Waals surface area contributed by atoms with Crippen molar-refractivity contribution in [3.8, 4) is 22.3 Å². The zero-order valence-electron chi connectivity index (χ0n) is 38.7. The van der Waals surface area contributed by atoms with E-state index < -0.39 is 8.07 Å². The van der Waals surface area contributed by atoms with E-state index in [1.807, 2.05) is 0 Å². The van der Waals surface area contributed by atoms with E-state index in [-0.39, 0.29) is 5.41 Å². The van der Waals surface area contributed by atoms with Gasteiger partial charge >= 0.3 is 0 Å². The quantitative estimate of drug-likeness (QED) is 0.103. The van der Waals surface area contributed by atoms with Crippen LogP contribution in [0.5, 0.6) is 0 Å². The zero-order valence-corrected chi connectivity index (χ0v) is 39.7. The third-order valence-electron chi connectivity index (χ3n) is 17.0. The minimum absolute atomic E-state index is 0.160. The van der Waals surface area contributed by atoms with Gasteiger partial charge in [-0.1, -0.05) is 184 Å². The van der Waals surface area contributed by atoms with Gasteiger partial charge in [-0.15, -0.1) is 0 Å². The van der Waals surface area contributed by atoms with Crippen molar-refractivity contribution >= 4 is 56.7 Å². The summed E-state index contributed by atoms with van der Waals surface area (Å²) in [6.45, 7) is 4.83. The molecule has 0 atom stereocenters. The van der Waals surface area contributed by atoms with Crippen molar-refractivity contribution in [2.75, 3.05) is 4.90 Å². The van der Waals surface area contributed by atoms with Gasteiger partial charge in [0, 0.05) is 22.5 Å². The molecule has 14 rings (SSSR count). The first-order chi connectivity index (χ1) is 32.9. The Morgan fingerprint density at radius 2 is 0.866 bits per heavy atom. The number of hydrogen-bond donors (Lipinski definition) is 0. The van der Waals surface area contributed by atoms with E-state index in [1.165, 1.54) is 120 Å². The number of fused-ring (bicyclic) bond motifs is 4. The molecular formula is C65H57NSi. The van der Waals surface area contributed by atoms with Gasteiger partial charge in [-0.3, -0.25) is 0 Å². The van der Waals surface area contributed by atoms with E-state index in [4.69, 9.17) is 0 Å². The highest BCUT2D eigenvalue weighted by Gasteiger charge is 2.51. The summed E-state index contributed by atoms with van der Waals surface area (Å²) in [5.41, 5.74) is 13.3. The maximum Gasteiger partial charge on any atom is 0.179 e. The molecule has 0 amide bonds. The van der Waals surface area contributed by atoms with Gasteiger partial charge in [0.05, 0.1) is 0 Å². The second-order valence-corrected chi connectivity index (χ2v) is 25.0. The van der Waals surface area contributed by atoms with Gasteiger partial charge in [-0.05, 0) is 181 Å². The summed E-state index contributed by atoms with van der Waals surface area (Å²) in [4.78, 5) is 2.53. The van der Waals surface area contributed by atoms with Crippen molar-refractivity contribution < 1.29 is 0 Å². The number of nitrogens with zero attached hydrogens (tertiary/aromatic N) is 1. The van der Waals surface area contributed by atoms with E-state index in [0.717, 1.165) is 17.8 Å². The zero-order chi connectivity index (χ0) is 44.7. The van der Waals surface area contributed by atoms with Crippen LogP contribution < -0.4 is 25.6 Å². The van der Waals surface area contributed by atoms with Crippen LogP contribution in [-0.4, -0.2) is 8.07 Å². The molecule has 4 fully saturated rings. The number of hydrogen-bond acceptors (Lipinski definition) is 1. The van der Waals surface area contributed by atoms with Crippen LogP contribution in [0.1, 0.15) is 69.1 Å². The summed E-state index contributed by atoms with van der Waals surface area (Å²) in [5.74, 6) is 2.76. The summed E-state index contributed by atoms with van der Waals surface area (Å²) >= 11 is 0. The van der Waals surface area contributed by atoms with Crippen LogP contribution in [0.2, 0.25) is 0 Å². The third kappa shape index (κ3) is 6.55. The van der Waals surface area contributed by atoms with E-state index >= 15 is 0 Å². The molecule has 9 aromatic carbocycles. The Balaban J connectivity index is 0.940. The molecule has 0 aliphatic heterocycles. The van der Waals surface area contributed by atoms with Gasteiger partial charge in [-0.2, -0.15) is 0 Å².